The maximum atomic E-state index is 5.06. The number of para-hydroxylation sites is 2. The molecule has 0 amide bonds. The van der Waals surface area contributed by atoms with Gasteiger partial charge in [-0.05, 0) is 92.9 Å². The number of nitrogens with zero attached hydrogens (tertiary/aromatic N) is 2. The van der Waals surface area contributed by atoms with Crippen molar-refractivity contribution in [2.24, 2.45) is 5.41 Å². The summed E-state index contributed by atoms with van der Waals surface area (Å²) in [5.41, 5.74) is 14.0. The average Bonchev–Trinajstić information content (AvgIpc) is 3.50. The van der Waals surface area contributed by atoms with E-state index in [9.17, 15) is 0 Å². The first-order chi connectivity index (χ1) is 22.7. The summed E-state index contributed by atoms with van der Waals surface area (Å²) in [5.74, 6) is 0.958. The maximum absolute atomic E-state index is 5.06. The van der Waals surface area contributed by atoms with E-state index < -0.39 is 0 Å². The Hall–Kier alpha value is -5.47. The first-order valence-corrected chi connectivity index (χ1v) is 16.3. The molecule has 9 rings (SSSR count). The third kappa shape index (κ3) is 4.14. The van der Waals surface area contributed by atoms with Gasteiger partial charge in [0.25, 0.3) is 0 Å². The largest absolute Gasteiger partial charge is 0.292 e. The van der Waals surface area contributed by atoms with Crippen LogP contribution < -0.4 is 10.4 Å². The molecular weight excluding hydrogens is 556 g/mol. The molecule has 1 unspecified atom stereocenters. The van der Waals surface area contributed by atoms with Gasteiger partial charge in [0.05, 0.1) is 11.0 Å². The van der Waals surface area contributed by atoms with E-state index in [0.29, 0.717) is 0 Å². The zero-order valence-electron chi connectivity index (χ0n) is 25.9. The summed E-state index contributed by atoms with van der Waals surface area (Å²) in [6.45, 7) is 2.47. The lowest BCUT2D eigenvalue weighted by Crippen LogP contribution is -2.42. The van der Waals surface area contributed by atoms with E-state index in [2.05, 4.69) is 163 Å². The number of imidazole rings is 1. The van der Waals surface area contributed by atoms with Gasteiger partial charge >= 0.3 is 0 Å². The summed E-state index contributed by atoms with van der Waals surface area (Å²) < 4.78 is 2.29. The average molecular weight is 591 g/mol. The molecule has 1 aromatic heterocycles. The van der Waals surface area contributed by atoms with Crippen LogP contribution in [0.2, 0.25) is 0 Å². The molecule has 0 N–H and O–H groups in total. The SMILES string of the molecule is CC12CC=CC=C1C(c1ccc(-n3c(-c4ccccc4)nc4ccccc43)cc1)=c1ccccc1=C2C1=Cc2ccccc2CC1. The van der Waals surface area contributed by atoms with E-state index in [4.69, 9.17) is 4.98 Å². The van der Waals surface area contributed by atoms with Crippen molar-refractivity contribution in [3.63, 3.8) is 0 Å². The molecule has 0 radical (unpaired) electrons. The van der Waals surface area contributed by atoms with Crippen LogP contribution in [0.15, 0.2) is 157 Å². The van der Waals surface area contributed by atoms with Crippen LogP contribution in [-0.2, 0) is 6.42 Å². The lowest BCUT2D eigenvalue weighted by atomic mass is 9.61. The van der Waals surface area contributed by atoms with Crippen molar-refractivity contribution in [2.45, 2.75) is 26.2 Å². The lowest BCUT2D eigenvalue weighted by molar-refractivity contribution is 0.543. The van der Waals surface area contributed by atoms with Gasteiger partial charge < -0.3 is 0 Å². The van der Waals surface area contributed by atoms with Gasteiger partial charge in [0.15, 0.2) is 0 Å². The molecule has 0 saturated carbocycles. The molecular formula is C44H34N2. The monoisotopic (exact) mass is 590 g/mol. The van der Waals surface area contributed by atoms with Gasteiger partial charge in [-0.3, -0.25) is 4.57 Å². The first-order valence-electron chi connectivity index (χ1n) is 16.3. The van der Waals surface area contributed by atoms with Crippen molar-refractivity contribution in [3.8, 4) is 17.1 Å². The van der Waals surface area contributed by atoms with Crippen molar-refractivity contribution < 1.29 is 0 Å². The minimum Gasteiger partial charge on any atom is -0.292 e. The van der Waals surface area contributed by atoms with Crippen LogP contribution in [0.1, 0.15) is 36.5 Å². The third-order valence-electron chi connectivity index (χ3n) is 10.2. The van der Waals surface area contributed by atoms with Gasteiger partial charge in [0.1, 0.15) is 5.82 Å². The standard InChI is InChI=1S/C44H34N2/c1-44-28-12-11-19-38(44)41(36-17-7-8-18-37(36)42(44)34-23-22-30-13-5-6-16-33(30)29-34)31-24-26-35(27-25-31)46-40-21-10-9-20-39(40)45-43(46)32-14-3-2-4-15-32/h2-21,24-27,29H,22-23,28H2,1H3. The van der Waals surface area contributed by atoms with Gasteiger partial charge in [-0.25, -0.2) is 4.98 Å². The first kappa shape index (κ1) is 26.9. The van der Waals surface area contributed by atoms with Gasteiger partial charge in [-0.2, -0.15) is 0 Å². The Morgan fingerprint density at radius 3 is 2.28 bits per heavy atom. The highest BCUT2D eigenvalue weighted by molar-refractivity contribution is 5.93. The van der Waals surface area contributed by atoms with E-state index in [1.807, 2.05) is 0 Å². The van der Waals surface area contributed by atoms with Gasteiger partial charge in [-0.1, -0.05) is 134 Å². The van der Waals surface area contributed by atoms with E-state index in [-0.39, 0.29) is 5.41 Å². The van der Waals surface area contributed by atoms with Crippen LogP contribution in [0.3, 0.4) is 0 Å². The molecule has 0 fully saturated rings. The minimum atomic E-state index is -0.115. The molecule has 0 spiro atoms. The number of allylic oxidation sites excluding steroid dienone is 5. The number of hydrogen-bond donors (Lipinski definition) is 0. The fourth-order valence-electron chi connectivity index (χ4n) is 8.03. The van der Waals surface area contributed by atoms with E-state index >= 15 is 0 Å². The second-order valence-electron chi connectivity index (χ2n) is 12.9. The highest BCUT2D eigenvalue weighted by Crippen LogP contribution is 2.52. The predicted molar refractivity (Wildman–Crippen MR) is 191 cm³/mol. The molecule has 5 aromatic carbocycles. The fourth-order valence-corrected chi connectivity index (χ4v) is 8.03. The van der Waals surface area contributed by atoms with Crippen LogP contribution in [0.4, 0.5) is 0 Å². The maximum Gasteiger partial charge on any atom is 0.145 e. The summed E-state index contributed by atoms with van der Waals surface area (Å²) in [6.07, 6.45) is 12.6. The molecule has 46 heavy (non-hydrogen) atoms. The highest BCUT2D eigenvalue weighted by atomic mass is 15.1. The Kier molecular flexibility index (Phi) is 6.18. The predicted octanol–water partition coefficient (Wildman–Crippen LogP) is 8.98. The number of rotatable bonds is 4. The van der Waals surface area contributed by atoms with Gasteiger partial charge in [-0.15, -0.1) is 0 Å². The van der Waals surface area contributed by atoms with Crippen LogP contribution in [0, 0.1) is 5.41 Å². The molecule has 1 atom stereocenters. The summed E-state index contributed by atoms with van der Waals surface area (Å²) in [7, 11) is 0. The van der Waals surface area contributed by atoms with E-state index in [1.165, 1.54) is 49.4 Å². The van der Waals surface area contributed by atoms with Crippen molar-refractivity contribution in [3.05, 3.63) is 184 Å². The molecule has 1 heterocycles. The van der Waals surface area contributed by atoms with E-state index in [0.717, 1.165) is 47.4 Å². The zero-order valence-corrected chi connectivity index (χ0v) is 25.9. The third-order valence-corrected chi connectivity index (χ3v) is 10.2. The lowest BCUT2D eigenvalue weighted by Gasteiger charge is -2.42. The minimum absolute atomic E-state index is 0.115. The summed E-state index contributed by atoms with van der Waals surface area (Å²) in [6, 6.07) is 46.0. The Balaban J connectivity index is 1.26. The number of hydrogen-bond acceptors (Lipinski definition) is 1. The van der Waals surface area contributed by atoms with Crippen LogP contribution in [0.5, 0.6) is 0 Å². The Morgan fingerprint density at radius 2 is 1.41 bits per heavy atom. The molecule has 6 aromatic rings. The number of benzene rings is 5. The molecule has 0 saturated heterocycles. The molecule has 0 bridgehead atoms. The topological polar surface area (TPSA) is 17.8 Å². The molecule has 220 valence electrons. The van der Waals surface area contributed by atoms with Crippen molar-refractivity contribution in [1.82, 2.24) is 9.55 Å². The van der Waals surface area contributed by atoms with Crippen molar-refractivity contribution in [1.29, 1.82) is 0 Å². The van der Waals surface area contributed by atoms with E-state index in [1.54, 1.807) is 0 Å². The molecule has 3 aliphatic carbocycles. The summed E-state index contributed by atoms with van der Waals surface area (Å²) in [5, 5.41) is 2.69. The van der Waals surface area contributed by atoms with Crippen LogP contribution in [-0.4, -0.2) is 9.55 Å². The molecule has 2 nitrogen and oxygen atoms in total. The van der Waals surface area contributed by atoms with Gasteiger partial charge in [0.2, 0.25) is 0 Å². The summed E-state index contributed by atoms with van der Waals surface area (Å²) >= 11 is 0. The van der Waals surface area contributed by atoms with Crippen molar-refractivity contribution >= 4 is 28.3 Å². The summed E-state index contributed by atoms with van der Waals surface area (Å²) in [4.78, 5) is 5.06. The second kappa shape index (κ2) is 10.6. The Bertz CT molecular complexity index is 2380. The Morgan fingerprint density at radius 1 is 0.674 bits per heavy atom. The number of aryl methyl sites for hydroxylation is 1. The second-order valence-corrected chi connectivity index (χ2v) is 12.9. The quantitative estimate of drug-likeness (QED) is 0.200. The molecule has 0 aliphatic heterocycles. The number of fused-ring (bicyclic) bond motifs is 4. The smallest absolute Gasteiger partial charge is 0.145 e. The van der Waals surface area contributed by atoms with Crippen LogP contribution in [0.25, 0.3) is 45.3 Å². The normalized spacial score (nSPS) is 18.5. The molecule has 3 aliphatic rings. The number of aromatic nitrogens is 2. The Labute approximate surface area is 269 Å². The molecule has 2 heteroatoms. The fraction of sp³-hybridized carbons (Fsp3) is 0.114. The van der Waals surface area contributed by atoms with Gasteiger partial charge in [0, 0.05) is 16.7 Å². The zero-order chi connectivity index (χ0) is 30.7. The van der Waals surface area contributed by atoms with Crippen LogP contribution >= 0.6 is 0 Å². The highest BCUT2D eigenvalue weighted by Gasteiger charge is 2.40. The van der Waals surface area contributed by atoms with Crippen molar-refractivity contribution in [2.75, 3.05) is 0 Å².